The van der Waals surface area contributed by atoms with E-state index in [-0.39, 0.29) is 11.8 Å². The summed E-state index contributed by atoms with van der Waals surface area (Å²) in [5.74, 6) is 0.202. The van der Waals surface area contributed by atoms with Gasteiger partial charge in [-0.15, -0.1) is 0 Å². The lowest BCUT2D eigenvalue weighted by molar-refractivity contribution is -0.121. The molecule has 1 saturated heterocycles. The van der Waals surface area contributed by atoms with Crippen LogP contribution in [0.2, 0.25) is 5.02 Å². The standard InChI is InChI=1S/C20H26ClN3O2/c21-19-5-3-17(4-6-19)18(16-24-8-1-2-9-24)15-20(25)22-7-10-23-11-13-26-14-12-23/h1-6,8-9,18H,7,10-16H2,(H,22,25)/t18-/m1/s1. The number of benzene rings is 1. The van der Waals surface area contributed by atoms with Gasteiger partial charge in [0.05, 0.1) is 13.2 Å². The normalized spacial score (nSPS) is 16.3. The molecule has 0 spiro atoms. The molecule has 1 aromatic carbocycles. The van der Waals surface area contributed by atoms with E-state index in [0.29, 0.717) is 18.0 Å². The Morgan fingerprint density at radius 2 is 1.85 bits per heavy atom. The van der Waals surface area contributed by atoms with Gasteiger partial charge in [0.2, 0.25) is 5.91 Å². The molecule has 1 amide bonds. The zero-order valence-electron chi connectivity index (χ0n) is 14.9. The quantitative estimate of drug-likeness (QED) is 0.771. The third kappa shape index (κ3) is 5.87. The summed E-state index contributed by atoms with van der Waals surface area (Å²) in [5.41, 5.74) is 1.13. The Kier molecular flexibility index (Phi) is 7.12. The van der Waals surface area contributed by atoms with Crippen LogP contribution in [-0.2, 0) is 16.1 Å². The van der Waals surface area contributed by atoms with E-state index in [2.05, 4.69) is 14.8 Å². The van der Waals surface area contributed by atoms with E-state index in [9.17, 15) is 4.79 Å². The van der Waals surface area contributed by atoms with Gasteiger partial charge >= 0.3 is 0 Å². The molecule has 26 heavy (non-hydrogen) atoms. The smallest absolute Gasteiger partial charge is 0.220 e. The third-order valence-corrected chi connectivity index (χ3v) is 4.98. The van der Waals surface area contributed by atoms with Gasteiger partial charge in [-0.05, 0) is 29.8 Å². The number of hydrogen-bond acceptors (Lipinski definition) is 3. The van der Waals surface area contributed by atoms with Crippen molar-refractivity contribution in [3.8, 4) is 0 Å². The number of nitrogens with zero attached hydrogens (tertiary/aromatic N) is 2. The SMILES string of the molecule is O=C(C[C@H](Cn1cccc1)c1ccc(Cl)cc1)NCCN1CCOCC1. The van der Waals surface area contributed by atoms with Gasteiger partial charge in [-0.1, -0.05) is 23.7 Å². The second kappa shape index (κ2) is 9.76. The van der Waals surface area contributed by atoms with Crippen molar-refractivity contribution in [1.82, 2.24) is 14.8 Å². The van der Waals surface area contributed by atoms with E-state index >= 15 is 0 Å². The van der Waals surface area contributed by atoms with E-state index in [1.165, 1.54) is 0 Å². The molecule has 1 N–H and O–H groups in total. The fourth-order valence-electron chi connectivity index (χ4n) is 3.24. The molecule has 1 atom stereocenters. The van der Waals surface area contributed by atoms with Crippen molar-refractivity contribution in [3.05, 3.63) is 59.4 Å². The van der Waals surface area contributed by atoms with Crippen molar-refractivity contribution in [1.29, 1.82) is 0 Å². The molecular formula is C20H26ClN3O2. The molecule has 5 nitrogen and oxygen atoms in total. The van der Waals surface area contributed by atoms with E-state index in [1.54, 1.807) is 0 Å². The Hall–Kier alpha value is -1.82. The summed E-state index contributed by atoms with van der Waals surface area (Å²) < 4.78 is 7.46. The number of aromatic nitrogens is 1. The molecule has 1 fully saturated rings. The lowest BCUT2D eigenvalue weighted by Gasteiger charge is -2.26. The average molecular weight is 376 g/mol. The maximum Gasteiger partial charge on any atom is 0.220 e. The van der Waals surface area contributed by atoms with Crippen LogP contribution in [-0.4, -0.2) is 54.8 Å². The molecular weight excluding hydrogens is 350 g/mol. The number of rotatable bonds is 8. The molecule has 0 aliphatic carbocycles. The molecule has 0 unspecified atom stereocenters. The highest BCUT2D eigenvalue weighted by Crippen LogP contribution is 2.23. The summed E-state index contributed by atoms with van der Waals surface area (Å²) >= 11 is 6.01. The maximum absolute atomic E-state index is 12.5. The van der Waals surface area contributed by atoms with Crippen LogP contribution in [0.4, 0.5) is 0 Å². The van der Waals surface area contributed by atoms with Crippen LogP contribution < -0.4 is 5.32 Å². The first-order valence-corrected chi connectivity index (χ1v) is 9.51. The molecule has 6 heteroatoms. The first-order chi connectivity index (χ1) is 12.7. The number of halogens is 1. The zero-order chi connectivity index (χ0) is 18.2. The molecule has 1 aliphatic rings. The van der Waals surface area contributed by atoms with E-state index in [0.717, 1.165) is 45.0 Å². The van der Waals surface area contributed by atoms with E-state index < -0.39 is 0 Å². The summed E-state index contributed by atoms with van der Waals surface area (Å²) in [6.07, 6.45) is 4.52. The Morgan fingerprint density at radius 1 is 1.15 bits per heavy atom. The summed E-state index contributed by atoms with van der Waals surface area (Å²) in [7, 11) is 0. The van der Waals surface area contributed by atoms with Crippen molar-refractivity contribution >= 4 is 17.5 Å². The molecule has 2 aromatic rings. The number of carbonyl (C=O) groups is 1. The number of nitrogens with one attached hydrogen (secondary N) is 1. The van der Waals surface area contributed by atoms with Crippen molar-refractivity contribution in [2.45, 2.75) is 18.9 Å². The summed E-state index contributed by atoms with van der Waals surface area (Å²) in [6, 6.07) is 11.8. The molecule has 140 valence electrons. The van der Waals surface area contributed by atoms with Crippen LogP contribution in [0.25, 0.3) is 0 Å². The average Bonchev–Trinajstić information content (AvgIpc) is 3.16. The largest absolute Gasteiger partial charge is 0.379 e. The van der Waals surface area contributed by atoms with Crippen LogP contribution in [0.15, 0.2) is 48.8 Å². The summed E-state index contributed by atoms with van der Waals surface area (Å²) in [5, 5.41) is 3.78. The van der Waals surface area contributed by atoms with Gasteiger partial charge < -0.3 is 14.6 Å². The first-order valence-electron chi connectivity index (χ1n) is 9.14. The number of ether oxygens (including phenoxy) is 1. The van der Waals surface area contributed by atoms with Crippen LogP contribution in [0.3, 0.4) is 0 Å². The minimum absolute atomic E-state index is 0.0883. The minimum atomic E-state index is 0.0883. The monoisotopic (exact) mass is 375 g/mol. The number of carbonyl (C=O) groups excluding carboxylic acids is 1. The van der Waals surface area contributed by atoms with E-state index in [1.807, 2.05) is 48.8 Å². The lowest BCUT2D eigenvalue weighted by atomic mass is 9.95. The molecule has 1 aliphatic heterocycles. The summed E-state index contributed by atoms with van der Waals surface area (Å²) in [4.78, 5) is 14.8. The van der Waals surface area contributed by atoms with Gasteiger partial charge in [0, 0.05) is 62.5 Å². The highest BCUT2D eigenvalue weighted by Gasteiger charge is 2.17. The highest BCUT2D eigenvalue weighted by atomic mass is 35.5. The fourth-order valence-corrected chi connectivity index (χ4v) is 3.37. The van der Waals surface area contributed by atoms with Crippen molar-refractivity contribution < 1.29 is 9.53 Å². The van der Waals surface area contributed by atoms with Gasteiger partial charge in [0.25, 0.3) is 0 Å². The van der Waals surface area contributed by atoms with Crippen LogP contribution in [0.5, 0.6) is 0 Å². The van der Waals surface area contributed by atoms with E-state index in [4.69, 9.17) is 16.3 Å². The number of hydrogen-bond donors (Lipinski definition) is 1. The highest BCUT2D eigenvalue weighted by molar-refractivity contribution is 6.30. The van der Waals surface area contributed by atoms with Gasteiger partial charge in [0.15, 0.2) is 0 Å². The van der Waals surface area contributed by atoms with Crippen molar-refractivity contribution in [2.75, 3.05) is 39.4 Å². The first kappa shape index (κ1) is 19.0. The Bertz CT molecular complexity index is 667. The zero-order valence-corrected chi connectivity index (χ0v) is 15.7. The Morgan fingerprint density at radius 3 is 2.54 bits per heavy atom. The van der Waals surface area contributed by atoms with Crippen molar-refractivity contribution in [3.63, 3.8) is 0 Å². The molecule has 0 radical (unpaired) electrons. The molecule has 0 bridgehead atoms. The van der Waals surface area contributed by atoms with Crippen molar-refractivity contribution in [2.24, 2.45) is 0 Å². The van der Waals surface area contributed by atoms with Gasteiger partial charge in [-0.2, -0.15) is 0 Å². The maximum atomic E-state index is 12.5. The topological polar surface area (TPSA) is 46.5 Å². The third-order valence-electron chi connectivity index (χ3n) is 4.72. The Labute approximate surface area is 159 Å². The van der Waals surface area contributed by atoms with Crippen LogP contribution in [0.1, 0.15) is 17.9 Å². The second-order valence-electron chi connectivity index (χ2n) is 6.64. The van der Waals surface area contributed by atoms with Gasteiger partial charge in [-0.3, -0.25) is 9.69 Å². The molecule has 3 rings (SSSR count). The lowest BCUT2D eigenvalue weighted by Crippen LogP contribution is -2.41. The predicted octanol–water partition coefficient (Wildman–Crippen LogP) is 2.76. The van der Waals surface area contributed by atoms with Crippen LogP contribution in [0, 0.1) is 0 Å². The van der Waals surface area contributed by atoms with Crippen LogP contribution >= 0.6 is 11.6 Å². The number of amides is 1. The Balaban J connectivity index is 1.54. The van der Waals surface area contributed by atoms with Gasteiger partial charge in [0.1, 0.15) is 0 Å². The summed E-state index contributed by atoms with van der Waals surface area (Å²) in [6.45, 7) is 5.76. The van der Waals surface area contributed by atoms with Gasteiger partial charge in [-0.25, -0.2) is 0 Å². The predicted molar refractivity (Wildman–Crippen MR) is 104 cm³/mol. The molecule has 2 heterocycles. The second-order valence-corrected chi connectivity index (χ2v) is 7.07. The minimum Gasteiger partial charge on any atom is -0.379 e. The number of morpholine rings is 1. The molecule has 1 aromatic heterocycles. The molecule has 0 saturated carbocycles. The fraction of sp³-hybridized carbons (Fsp3) is 0.450.